The maximum Gasteiger partial charge on any atom is 0.164 e. The van der Waals surface area contributed by atoms with Gasteiger partial charge in [0.2, 0.25) is 0 Å². The van der Waals surface area contributed by atoms with Gasteiger partial charge >= 0.3 is 0 Å². The van der Waals surface area contributed by atoms with Crippen molar-refractivity contribution in [1.82, 2.24) is 15.0 Å². The van der Waals surface area contributed by atoms with Gasteiger partial charge in [-0.1, -0.05) is 127 Å². The van der Waals surface area contributed by atoms with Crippen molar-refractivity contribution in [3.8, 4) is 45.3 Å². The second-order valence-corrected chi connectivity index (χ2v) is 11.3. The van der Waals surface area contributed by atoms with Crippen molar-refractivity contribution >= 4 is 43.5 Å². The number of hydrogen-bond donors (Lipinski definition) is 0. The predicted molar refractivity (Wildman–Crippen MR) is 184 cm³/mol. The fourth-order valence-corrected chi connectivity index (χ4v) is 6.32. The molecule has 210 valence electrons. The van der Waals surface area contributed by atoms with Crippen LogP contribution in [0.25, 0.3) is 88.8 Å². The Balaban J connectivity index is 1.31. The summed E-state index contributed by atoms with van der Waals surface area (Å²) >= 11 is 0. The van der Waals surface area contributed by atoms with Crippen LogP contribution in [0, 0.1) is 0 Å². The van der Waals surface area contributed by atoms with E-state index >= 15 is 0 Å². The van der Waals surface area contributed by atoms with Crippen LogP contribution in [-0.4, -0.2) is 15.0 Å². The molecule has 2 aromatic heterocycles. The van der Waals surface area contributed by atoms with Crippen LogP contribution < -0.4 is 0 Å². The minimum Gasteiger partial charge on any atom is -0.456 e. The average Bonchev–Trinajstić information content (AvgIpc) is 3.50. The molecule has 0 unspecified atom stereocenters. The lowest BCUT2D eigenvalue weighted by Gasteiger charge is -2.11. The van der Waals surface area contributed by atoms with E-state index in [2.05, 4.69) is 103 Å². The average molecular weight is 576 g/mol. The second kappa shape index (κ2) is 10.2. The molecule has 0 saturated carbocycles. The van der Waals surface area contributed by atoms with E-state index in [0.717, 1.165) is 49.8 Å². The van der Waals surface area contributed by atoms with Gasteiger partial charge in [-0.15, -0.1) is 0 Å². The summed E-state index contributed by atoms with van der Waals surface area (Å²) in [5, 5.41) is 6.93. The van der Waals surface area contributed by atoms with Crippen molar-refractivity contribution in [1.29, 1.82) is 0 Å². The van der Waals surface area contributed by atoms with E-state index in [1.165, 1.54) is 21.5 Å². The van der Waals surface area contributed by atoms with Gasteiger partial charge in [0.05, 0.1) is 0 Å². The number of benzene rings is 7. The van der Waals surface area contributed by atoms with E-state index in [1.807, 2.05) is 48.5 Å². The van der Waals surface area contributed by atoms with Crippen LogP contribution in [-0.2, 0) is 0 Å². The molecule has 0 fully saturated rings. The number of rotatable bonds is 4. The van der Waals surface area contributed by atoms with Crippen molar-refractivity contribution in [3.63, 3.8) is 0 Å². The summed E-state index contributed by atoms with van der Waals surface area (Å²) in [5.41, 5.74) is 6.57. The largest absolute Gasteiger partial charge is 0.456 e. The Kier molecular flexibility index (Phi) is 5.78. The molecule has 0 aliphatic heterocycles. The monoisotopic (exact) mass is 575 g/mol. The molecule has 0 amide bonds. The zero-order chi connectivity index (χ0) is 29.7. The molecule has 45 heavy (non-hydrogen) atoms. The third-order valence-electron chi connectivity index (χ3n) is 8.49. The van der Waals surface area contributed by atoms with Crippen molar-refractivity contribution in [3.05, 3.63) is 152 Å². The number of hydrogen-bond acceptors (Lipinski definition) is 4. The summed E-state index contributed by atoms with van der Waals surface area (Å²) in [6, 6.07) is 52.2. The van der Waals surface area contributed by atoms with Crippen LogP contribution in [0.3, 0.4) is 0 Å². The first kappa shape index (κ1) is 25.4. The van der Waals surface area contributed by atoms with E-state index in [0.29, 0.717) is 17.5 Å². The summed E-state index contributed by atoms with van der Waals surface area (Å²) in [5.74, 6) is 1.84. The molecule has 0 N–H and O–H groups in total. The summed E-state index contributed by atoms with van der Waals surface area (Å²) in [4.78, 5) is 15.2. The Morgan fingerprint density at radius 2 is 0.933 bits per heavy atom. The van der Waals surface area contributed by atoms with E-state index in [1.54, 1.807) is 0 Å². The molecule has 4 nitrogen and oxygen atoms in total. The lowest BCUT2D eigenvalue weighted by atomic mass is 9.96. The van der Waals surface area contributed by atoms with Crippen molar-refractivity contribution in [2.24, 2.45) is 0 Å². The Hall–Kier alpha value is -6.13. The number of aromatic nitrogens is 3. The molecule has 7 aromatic carbocycles. The second-order valence-electron chi connectivity index (χ2n) is 11.3. The maximum absolute atomic E-state index is 6.42. The van der Waals surface area contributed by atoms with Crippen LogP contribution in [0.4, 0.5) is 0 Å². The molecule has 9 aromatic rings. The molecular formula is C41H25N3O. The highest BCUT2D eigenvalue weighted by atomic mass is 16.3. The van der Waals surface area contributed by atoms with Gasteiger partial charge < -0.3 is 4.42 Å². The molecule has 0 spiro atoms. The van der Waals surface area contributed by atoms with Gasteiger partial charge in [0.15, 0.2) is 17.5 Å². The fraction of sp³-hybridized carbons (Fsp3) is 0. The SMILES string of the molecule is c1ccc(-c2nc(-c3cc(-c4ccccc4)c4c(c3)oc3ccccc34)nc(-c3ccc4ccc5ccccc5c4c3)n2)cc1. The number of furan rings is 1. The van der Waals surface area contributed by atoms with Gasteiger partial charge in [-0.05, 0) is 56.9 Å². The Morgan fingerprint density at radius 3 is 1.71 bits per heavy atom. The minimum atomic E-state index is 0.594. The van der Waals surface area contributed by atoms with E-state index in [9.17, 15) is 0 Å². The van der Waals surface area contributed by atoms with Gasteiger partial charge in [-0.25, -0.2) is 15.0 Å². The standard InChI is InChI=1S/C41H25N3O/c1-3-11-26(12-4-1)35-24-31(25-37-38(35)33-17-9-10-18-36(33)45-37)41-43-39(29-14-5-2-6-15-29)42-40(44-41)30-22-21-28-20-19-27-13-7-8-16-32(27)34(28)23-30/h1-25H. The number of para-hydroxylation sites is 1. The Bertz CT molecular complexity index is 2540. The van der Waals surface area contributed by atoms with Crippen LogP contribution in [0.2, 0.25) is 0 Å². The minimum absolute atomic E-state index is 0.594. The molecule has 0 aliphatic carbocycles. The van der Waals surface area contributed by atoms with Crippen LogP contribution >= 0.6 is 0 Å². The van der Waals surface area contributed by atoms with Gasteiger partial charge in [-0.2, -0.15) is 0 Å². The normalized spacial score (nSPS) is 11.6. The molecule has 0 bridgehead atoms. The first-order valence-electron chi connectivity index (χ1n) is 15.0. The van der Waals surface area contributed by atoms with Gasteiger partial charge in [0, 0.05) is 27.5 Å². The summed E-state index contributed by atoms with van der Waals surface area (Å²) < 4.78 is 6.42. The molecule has 9 rings (SSSR count). The third-order valence-corrected chi connectivity index (χ3v) is 8.49. The Morgan fingerprint density at radius 1 is 0.356 bits per heavy atom. The lowest BCUT2D eigenvalue weighted by molar-refractivity contribution is 0.669. The topological polar surface area (TPSA) is 51.8 Å². The van der Waals surface area contributed by atoms with Crippen LogP contribution in [0.15, 0.2) is 156 Å². The molecule has 4 heteroatoms. The molecule has 0 aliphatic rings. The van der Waals surface area contributed by atoms with Gasteiger partial charge in [-0.3, -0.25) is 0 Å². The number of nitrogens with zero attached hydrogens (tertiary/aromatic N) is 3. The van der Waals surface area contributed by atoms with Crippen LogP contribution in [0.1, 0.15) is 0 Å². The highest BCUT2D eigenvalue weighted by Crippen LogP contribution is 2.40. The highest BCUT2D eigenvalue weighted by Gasteiger charge is 2.18. The summed E-state index contributed by atoms with van der Waals surface area (Å²) in [7, 11) is 0. The van der Waals surface area contributed by atoms with Crippen molar-refractivity contribution < 1.29 is 4.42 Å². The quantitative estimate of drug-likeness (QED) is 0.196. The maximum atomic E-state index is 6.42. The zero-order valence-electron chi connectivity index (χ0n) is 24.2. The molecule has 2 heterocycles. The lowest BCUT2D eigenvalue weighted by Crippen LogP contribution is -2.00. The molecule has 0 radical (unpaired) electrons. The third kappa shape index (κ3) is 4.35. The molecule has 0 saturated heterocycles. The van der Waals surface area contributed by atoms with Crippen molar-refractivity contribution in [2.75, 3.05) is 0 Å². The summed E-state index contributed by atoms with van der Waals surface area (Å²) in [6.07, 6.45) is 0. The molecule has 0 atom stereocenters. The highest BCUT2D eigenvalue weighted by molar-refractivity contribution is 6.13. The first-order chi connectivity index (χ1) is 22.3. The smallest absolute Gasteiger partial charge is 0.164 e. The summed E-state index contributed by atoms with van der Waals surface area (Å²) in [6.45, 7) is 0. The van der Waals surface area contributed by atoms with E-state index in [-0.39, 0.29) is 0 Å². The van der Waals surface area contributed by atoms with Crippen LogP contribution in [0.5, 0.6) is 0 Å². The first-order valence-corrected chi connectivity index (χ1v) is 15.0. The Labute approximate surface area is 259 Å². The van der Waals surface area contributed by atoms with Gasteiger partial charge in [0.1, 0.15) is 11.2 Å². The molecular weight excluding hydrogens is 550 g/mol. The van der Waals surface area contributed by atoms with Gasteiger partial charge in [0.25, 0.3) is 0 Å². The van der Waals surface area contributed by atoms with E-state index < -0.39 is 0 Å². The number of fused-ring (bicyclic) bond motifs is 6. The zero-order valence-corrected chi connectivity index (χ0v) is 24.2. The van der Waals surface area contributed by atoms with E-state index in [4.69, 9.17) is 19.4 Å². The van der Waals surface area contributed by atoms with Crippen molar-refractivity contribution in [2.45, 2.75) is 0 Å². The fourth-order valence-electron chi connectivity index (χ4n) is 6.32. The predicted octanol–water partition coefficient (Wildman–Crippen LogP) is 10.7.